The zero-order valence-corrected chi connectivity index (χ0v) is 15.4. The first kappa shape index (κ1) is 17.9. The van der Waals surface area contributed by atoms with Crippen molar-refractivity contribution in [3.63, 3.8) is 0 Å². The quantitative estimate of drug-likeness (QED) is 0.596. The van der Waals surface area contributed by atoms with Gasteiger partial charge < -0.3 is 5.32 Å². The Hall–Kier alpha value is -2.87. The maximum Gasteiger partial charge on any atom is 0.251 e. The summed E-state index contributed by atoms with van der Waals surface area (Å²) < 4.78 is 0. The van der Waals surface area contributed by atoms with E-state index in [2.05, 4.69) is 43.4 Å². The molecule has 2 nitrogen and oxygen atoms in total. The molecular weight excluding hydrogens is 318 g/mol. The van der Waals surface area contributed by atoms with Crippen LogP contribution in [-0.2, 0) is 0 Å². The Morgan fingerprint density at radius 3 is 1.88 bits per heavy atom. The van der Waals surface area contributed by atoms with E-state index in [1.165, 1.54) is 0 Å². The number of nitrogens with one attached hydrogen (secondary N) is 1. The monoisotopic (exact) mass is 343 g/mol. The van der Waals surface area contributed by atoms with Crippen LogP contribution in [0.5, 0.6) is 0 Å². The van der Waals surface area contributed by atoms with Gasteiger partial charge in [-0.2, -0.15) is 0 Å². The Kier molecular flexibility index (Phi) is 5.85. The molecule has 0 aliphatic carbocycles. The molecule has 3 rings (SSSR count). The van der Waals surface area contributed by atoms with E-state index in [9.17, 15) is 4.79 Å². The van der Waals surface area contributed by atoms with Gasteiger partial charge in [-0.1, -0.05) is 86.6 Å². The van der Waals surface area contributed by atoms with E-state index >= 15 is 0 Å². The fourth-order valence-corrected chi connectivity index (χ4v) is 3.12. The summed E-state index contributed by atoms with van der Waals surface area (Å²) in [6.45, 7) is 4.35. The molecule has 0 fully saturated rings. The molecule has 1 N–H and O–H groups in total. The largest absolute Gasteiger partial charge is 0.345 e. The van der Waals surface area contributed by atoms with E-state index in [1.54, 1.807) is 0 Å². The van der Waals surface area contributed by atoms with E-state index < -0.39 is 0 Å². The second-order valence-corrected chi connectivity index (χ2v) is 7.01. The van der Waals surface area contributed by atoms with Gasteiger partial charge >= 0.3 is 0 Å². The molecule has 0 heterocycles. The van der Waals surface area contributed by atoms with Crippen LogP contribution in [0.4, 0.5) is 0 Å². The van der Waals surface area contributed by atoms with E-state index in [1.807, 2.05) is 60.7 Å². The number of hydrogen-bond donors (Lipinski definition) is 1. The smallest absolute Gasteiger partial charge is 0.251 e. The number of carbonyl (C=O) groups excluding carboxylic acids is 1. The third-order valence-corrected chi connectivity index (χ3v) is 4.47. The second-order valence-electron chi connectivity index (χ2n) is 7.01. The molecule has 0 aromatic heterocycles. The van der Waals surface area contributed by atoms with Crippen molar-refractivity contribution in [2.75, 3.05) is 0 Å². The van der Waals surface area contributed by atoms with Gasteiger partial charge in [-0.25, -0.2) is 0 Å². The summed E-state index contributed by atoms with van der Waals surface area (Å²) in [5.41, 5.74) is 4.11. The molecule has 0 saturated heterocycles. The molecule has 0 aliphatic heterocycles. The summed E-state index contributed by atoms with van der Waals surface area (Å²) in [6, 6.07) is 28.2. The van der Waals surface area contributed by atoms with Crippen molar-refractivity contribution in [2.45, 2.75) is 26.3 Å². The van der Waals surface area contributed by atoms with Crippen molar-refractivity contribution in [1.29, 1.82) is 0 Å². The van der Waals surface area contributed by atoms with Gasteiger partial charge in [0.1, 0.15) is 0 Å². The Morgan fingerprint density at radius 1 is 0.769 bits per heavy atom. The van der Waals surface area contributed by atoms with Gasteiger partial charge in [0.15, 0.2) is 0 Å². The lowest BCUT2D eigenvalue weighted by Gasteiger charge is -2.21. The maximum atomic E-state index is 12.7. The number of amides is 1. The van der Waals surface area contributed by atoms with Gasteiger partial charge in [0, 0.05) is 5.56 Å². The van der Waals surface area contributed by atoms with Crippen LogP contribution in [0.3, 0.4) is 0 Å². The van der Waals surface area contributed by atoms with Gasteiger partial charge in [0.2, 0.25) is 0 Å². The van der Waals surface area contributed by atoms with Crippen LogP contribution in [0.2, 0.25) is 0 Å². The highest BCUT2D eigenvalue weighted by Gasteiger charge is 2.17. The molecule has 1 amide bonds. The molecule has 2 heteroatoms. The van der Waals surface area contributed by atoms with Crippen LogP contribution in [0.25, 0.3) is 11.1 Å². The van der Waals surface area contributed by atoms with E-state index in [-0.39, 0.29) is 11.9 Å². The lowest BCUT2D eigenvalue weighted by atomic mass is 9.96. The summed E-state index contributed by atoms with van der Waals surface area (Å²) in [7, 11) is 0. The molecular formula is C24H25NO. The van der Waals surface area contributed by atoms with Crippen molar-refractivity contribution < 1.29 is 4.79 Å². The number of carbonyl (C=O) groups is 1. The van der Waals surface area contributed by atoms with Gasteiger partial charge in [0.05, 0.1) is 6.04 Å². The van der Waals surface area contributed by atoms with E-state index in [0.717, 1.165) is 23.1 Å². The van der Waals surface area contributed by atoms with E-state index in [4.69, 9.17) is 0 Å². The Labute approximate surface area is 155 Å². The van der Waals surface area contributed by atoms with Crippen molar-refractivity contribution >= 4 is 5.91 Å². The standard InChI is InChI=1S/C24H25NO/c1-18(2)17-23(21-11-7-4-8-12-21)25-24(26)22-15-13-20(14-16-22)19-9-5-3-6-10-19/h3-16,18,23H,17H2,1-2H3,(H,25,26). The average Bonchev–Trinajstić information content (AvgIpc) is 2.68. The van der Waals surface area contributed by atoms with Crippen molar-refractivity contribution in [3.8, 4) is 11.1 Å². The molecule has 1 atom stereocenters. The van der Waals surface area contributed by atoms with E-state index in [0.29, 0.717) is 11.5 Å². The minimum atomic E-state index is -0.0286. The predicted octanol–water partition coefficient (Wildman–Crippen LogP) is 5.87. The molecule has 0 aliphatic rings. The molecule has 26 heavy (non-hydrogen) atoms. The second kappa shape index (κ2) is 8.48. The van der Waals surface area contributed by atoms with Gasteiger partial charge in [0.25, 0.3) is 5.91 Å². The first-order valence-corrected chi connectivity index (χ1v) is 9.15. The molecule has 3 aromatic rings. The molecule has 132 valence electrons. The lowest BCUT2D eigenvalue weighted by Crippen LogP contribution is -2.29. The van der Waals surface area contributed by atoms with Crippen LogP contribution in [0.1, 0.15) is 42.2 Å². The predicted molar refractivity (Wildman–Crippen MR) is 108 cm³/mol. The summed E-state index contributed by atoms with van der Waals surface area (Å²) >= 11 is 0. The molecule has 3 aromatic carbocycles. The van der Waals surface area contributed by atoms with Crippen LogP contribution in [-0.4, -0.2) is 5.91 Å². The molecule has 1 unspecified atom stereocenters. The SMILES string of the molecule is CC(C)CC(NC(=O)c1ccc(-c2ccccc2)cc1)c1ccccc1. The first-order chi connectivity index (χ1) is 12.6. The van der Waals surface area contributed by atoms with Gasteiger partial charge in [-0.3, -0.25) is 4.79 Å². The minimum Gasteiger partial charge on any atom is -0.345 e. The topological polar surface area (TPSA) is 29.1 Å². The van der Waals surface area contributed by atoms with Crippen molar-refractivity contribution in [2.24, 2.45) is 5.92 Å². The number of benzene rings is 3. The lowest BCUT2D eigenvalue weighted by molar-refractivity contribution is 0.0932. The zero-order valence-electron chi connectivity index (χ0n) is 15.4. The third kappa shape index (κ3) is 4.60. The van der Waals surface area contributed by atoms with Gasteiger partial charge in [-0.05, 0) is 41.2 Å². The van der Waals surface area contributed by atoms with Crippen molar-refractivity contribution in [1.82, 2.24) is 5.32 Å². The summed E-state index contributed by atoms with van der Waals surface area (Å²) in [6.07, 6.45) is 0.915. The highest BCUT2D eigenvalue weighted by molar-refractivity contribution is 5.95. The normalized spacial score (nSPS) is 12.0. The maximum absolute atomic E-state index is 12.7. The Balaban J connectivity index is 1.75. The highest BCUT2D eigenvalue weighted by Crippen LogP contribution is 2.23. The third-order valence-electron chi connectivity index (χ3n) is 4.47. The van der Waals surface area contributed by atoms with Crippen LogP contribution in [0, 0.1) is 5.92 Å². The Morgan fingerprint density at radius 2 is 1.31 bits per heavy atom. The van der Waals surface area contributed by atoms with Crippen LogP contribution < -0.4 is 5.32 Å². The average molecular weight is 343 g/mol. The highest BCUT2D eigenvalue weighted by atomic mass is 16.1. The van der Waals surface area contributed by atoms with Crippen LogP contribution >= 0.6 is 0 Å². The number of rotatable bonds is 6. The summed E-state index contributed by atoms with van der Waals surface area (Å²) in [5.74, 6) is 0.472. The summed E-state index contributed by atoms with van der Waals surface area (Å²) in [5, 5.41) is 3.20. The fourth-order valence-electron chi connectivity index (χ4n) is 3.12. The van der Waals surface area contributed by atoms with Crippen LogP contribution in [0.15, 0.2) is 84.9 Å². The Bertz CT molecular complexity index is 823. The minimum absolute atomic E-state index is 0.0255. The number of hydrogen-bond acceptors (Lipinski definition) is 1. The molecule has 0 radical (unpaired) electrons. The summed E-state index contributed by atoms with van der Waals surface area (Å²) in [4.78, 5) is 12.7. The van der Waals surface area contributed by atoms with Gasteiger partial charge in [-0.15, -0.1) is 0 Å². The first-order valence-electron chi connectivity index (χ1n) is 9.15. The van der Waals surface area contributed by atoms with Crippen molar-refractivity contribution in [3.05, 3.63) is 96.1 Å². The molecule has 0 bridgehead atoms. The fraction of sp³-hybridized carbons (Fsp3) is 0.208. The zero-order chi connectivity index (χ0) is 18.4. The molecule has 0 saturated carbocycles. The molecule has 0 spiro atoms.